The Morgan fingerprint density at radius 2 is 2.23 bits per heavy atom. The molecular weight excluding hydrogens is 164 g/mol. The molecule has 0 saturated carbocycles. The van der Waals surface area contributed by atoms with E-state index in [1.807, 2.05) is 25.4 Å². The Labute approximate surface area is 76.6 Å². The minimum atomic E-state index is 0.481. The van der Waals surface area contributed by atoms with Crippen LogP contribution in [0.25, 0.3) is 10.9 Å². The van der Waals surface area contributed by atoms with Gasteiger partial charge < -0.3 is 9.77 Å². The third-order valence-corrected chi connectivity index (χ3v) is 2.25. The average molecular weight is 176 g/mol. The molecule has 0 unspecified atom stereocenters. The highest BCUT2D eigenvalue weighted by Gasteiger charge is 2.02. The molecular formula is C10H12N2O. The van der Waals surface area contributed by atoms with Crippen molar-refractivity contribution in [3.05, 3.63) is 36.0 Å². The summed E-state index contributed by atoms with van der Waals surface area (Å²) < 4.78 is 2.06. The van der Waals surface area contributed by atoms with Crippen molar-refractivity contribution >= 4 is 10.9 Å². The molecule has 2 aromatic rings. The van der Waals surface area contributed by atoms with E-state index in [0.717, 1.165) is 5.56 Å². The second-order valence-electron chi connectivity index (χ2n) is 3.12. The van der Waals surface area contributed by atoms with Crippen LogP contribution in [0.5, 0.6) is 0 Å². The molecule has 0 saturated heterocycles. The molecule has 0 radical (unpaired) electrons. The summed E-state index contributed by atoms with van der Waals surface area (Å²) in [6.07, 6.45) is 2.02. The Morgan fingerprint density at radius 1 is 1.38 bits per heavy atom. The number of aromatic nitrogens is 1. The van der Waals surface area contributed by atoms with Gasteiger partial charge in [0.2, 0.25) is 0 Å². The topological polar surface area (TPSA) is 37.2 Å². The van der Waals surface area contributed by atoms with Crippen molar-refractivity contribution < 1.29 is 5.21 Å². The molecule has 1 aromatic carbocycles. The van der Waals surface area contributed by atoms with Crippen LogP contribution in [0, 0.1) is 0 Å². The maximum Gasteiger partial charge on any atom is 0.0524 e. The molecule has 3 nitrogen and oxygen atoms in total. The standard InChI is InChI=1S/C10H12N2O/c1-12-6-5-8-3-2-4-9(7-11-13)10(8)12/h2-6,11,13H,7H2,1H3. The van der Waals surface area contributed by atoms with E-state index in [2.05, 4.69) is 22.2 Å². The Bertz CT molecular complexity index is 420. The first-order chi connectivity index (χ1) is 6.33. The Hall–Kier alpha value is -1.32. The van der Waals surface area contributed by atoms with E-state index in [1.54, 1.807) is 0 Å². The van der Waals surface area contributed by atoms with Crippen LogP contribution in [-0.4, -0.2) is 9.77 Å². The summed E-state index contributed by atoms with van der Waals surface area (Å²) in [6, 6.07) is 8.13. The van der Waals surface area contributed by atoms with Crippen LogP contribution in [0.2, 0.25) is 0 Å². The highest BCUT2D eigenvalue weighted by Crippen LogP contribution is 2.18. The van der Waals surface area contributed by atoms with Gasteiger partial charge >= 0.3 is 0 Å². The van der Waals surface area contributed by atoms with Crippen LogP contribution >= 0.6 is 0 Å². The third-order valence-electron chi connectivity index (χ3n) is 2.25. The number of benzene rings is 1. The van der Waals surface area contributed by atoms with E-state index < -0.39 is 0 Å². The van der Waals surface area contributed by atoms with Crippen molar-refractivity contribution in [1.82, 2.24) is 10.0 Å². The van der Waals surface area contributed by atoms with E-state index in [-0.39, 0.29) is 0 Å². The van der Waals surface area contributed by atoms with Gasteiger partial charge in [-0.15, -0.1) is 0 Å². The average Bonchev–Trinajstić information content (AvgIpc) is 2.50. The number of para-hydroxylation sites is 1. The molecule has 0 bridgehead atoms. The zero-order chi connectivity index (χ0) is 9.26. The quantitative estimate of drug-likeness (QED) is 0.683. The van der Waals surface area contributed by atoms with Gasteiger partial charge in [-0.3, -0.25) is 0 Å². The van der Waals surface area contributed by atoms with Gasteiger partial charge in [0.25, 0.3) is 0 Å². The van der Waals surface area contributed by atoms with Crippen LogP contribution < -0.4 is 5.48 Å². The third kappa shape index (κ3) is 1.32. The van der Waals surface area contributed by atoms with Crippen molar-refractivity contribution in [1.29, 1.82) is 0 Å². The summed E-state index contributed by atoms with van der Waals surface area (Å²) in [5.41, 5.74) is 4.45. The minimum absolute atomic E-state index is 0.481. The summed E-state index contributed by atoms with van der Waals surface area (Å²) in [4.78, 5) is 0. The van der Waals surface area contributed by atoms with Gasteiger partial charge in [0, 0.05) is 19.8 Å². The van der Waals surface area contributed by atoms with Crippen molar-refractivity contribution in [3.8, 4) is 0 Å². The lowest BCUT2D eigenvalue weighted by atomic mass is 10.1. The number of nitrogens with zero attached hydrogens (tertiary/aromatic N) is 1. The monoisotopic (exact) mass is 176 g/mol. The van der Waals surface area contributed by atoms with Gasteiger partial charge in [0.05, 0.1) is 5.52 Å². The lowest BCUT2D eigenvalue weighted by Crippen LogP contribution is -2.07. The number of hydrogen-bond acceptors (Lipinski definition) is 2. The van der Waals surface area contributed by atoms with E-state index in [0.29, 0.717) is 6.54 Å². The van der Waals surface area contributed by atoms with Crippen molar-refractivity contribution in [2.24, 2.45) is 7.05 Å². The second-order valence-corrected chi connectivity index (χ2v) is 3.12. The first kappa shape index (κ1) is 8.29. The molecule has 0 atom stereocenters. The summed E-state index contributed by atoms with van der Waals surface area (Å²) in [5.74, 6) is 0. The van der Waals surface area contributed by atoms with Crippen LogP contribution in [-0.2, 0) is 13.6 Å². The molecule has 3 heteroatoms. The van der Waals surface area contributed by atoms with Gasteiger partial charge in [-0.05, 0) is 17.0 Å². The number of nitrogens with one attached hydrogen (secondary N) is 1. The maximum atomic E-state index is 8.65. The predicted molar refractivity (Wildman–Crippen MR) is 51.5 cm³/mol. The lowest BCUT2D eigenvalue weighted by Gasteiger charge is -2.04. The molecule has 13 heavy (non-hydrogen) atoms. The van der Waals surface area contributed by atoms with E-state index >= 15 is 0 Å². The molecule has 0 fully saturated rings. The molecule has 1 aromatic heterocycles. The number of rotatable bonds is 2. The Balaban J connectivity index is 2.65. The van der Waals surface area contributed by atoms with Crippen LogP contribution in [0.3, 0.4) is 0 Å². The molecule has 0 aliphatic heterocycles. The Morgan fingerprint density at radius 3 is 3.00 bits per heavy atom. The fraction of sp³-hybridized carbons (Fsp3) is 0.200. The highest BCUT2D eigenvalue weighted by atomic mass is 16.5. The summed E-state index contributed by atoms with van der Waals surface area (Å²) in [6.45, 7) is 0.481. The molecule has 0 spiro atoms. The molecule has 2 N–H and O–H groups in total. The first-order valence-electron chi connectivity index (χ1n) is 4.23. The number of hydroxylamine groups is 1. The minimum Gasteiger partial charge on any atom is -0.350 e. The van der Waals surface area contributed by atoms with Gasteiger partial charge in [-0.1, -0.05) is 18.2 Å². The largest absolute Gasteiger partial charge is 0.350 e. The molecule has 2 rings (SSSR count). The maximum absolute atomic E-state index is 8.65. The molecule has 0 aliphatic rings. The molecule has 0 aliphatic carbocycles. The number of fused-ring (bicyclic) bond motifs is 1. The zero-order valence-corrected chi connectivity index (χ0v) is 7.49. The fourth-order valence-electron chi connectivity index (χ4n) is 1.67. The van der Waals surface area contributed by atoms with Gasteiger partial charge in [-0.2, -0.15) is 0 Å². The Kier molecular flexibility index (Phi) is 2.04. The number of aryl methyl sites for hydroxylation is 1. The molecule has 1 heterocycles. The van der Waals surface area contributed by atoms with Gasteiger partial charge in [-0.25, -0.2) is 5.48 Å². The van der Waals surface area contributed by atoms with Crippen LogP contribution in [0.15, 0.2) is 30.5 Å². The van der Waals surface area contributed by atoms with Crippen molar-refractivity contribution in [2.75, 3.05) is 0 Å². The molecule has 0 amide bonds. The van der Waals surface area contributed by atoms with Gasteiger partial charge in [0.1, 0.15) is 0 Å². The van der Waals surface area contributed by atoms with Crippen LogP contribution in [0.4, 0.5) is 0 Å². The van der Waals surface area contributed by atoms with Crippen LogP contribution in [0.1, 0.15) is 5.56 Å². The number of hydrogen-bond donors (Lipinski definition) is 2. The van der Waals surface area contributed by atoms with Crippen molar-refractivity contribution in [3.63, 3.8) is 0 Å². The molecule has 68 valence electrons. The smallest absolute Gasteiger partial charge is 0.0524 e. The predicted octanol–water partition coefficient (Wildman–Crippen LogP) is 1.66. The van der Waals surface area contributed by atoms with Crippen molar-refractivity contribution in [2.45, 2.75) is 6.54 Å². The van der Waals surface area contributed by atoms with Gasteiger partial charge in [0.15, 0.2) is 0 Å². The van der Waals surface area contributed by atoms with E-state index in [9.17, 15) is 0 Å². The van der Waals surface area contributed by atoms with E-state index in [4.69, 9.17) is 5.21 Å². The summed E-state index contributed by atoms with van der Waals surface area (Å²) >= 11 is 0. The zero-order valence-electron chi connectivity index (χ0n) is 7.49. The SMILES string of the molecule is Cn1ccc2cccc(CNO)c21. The van der Waals surface area contributed by atoms with E-state index in [1.165, 1.54) is 10.9 Å². The normalized spacial score (nSPS) is 10.9. The second kappa shape index (κ2) is 3.20. The fourth-order valence-corrected chi connectivity index (χ4v) is 1.67. The summed E-state index contributed by atoms with van der Waals surface area (Å²) in [7, 11) is 2.00. The first-order valence-corrected chi connectivity index (χ1v) is 4.23. The highest BCUT2D eigenvalue weighted by molar-refractivity contribution is 5.83. The lowest BCUT2D eigenvalue weighted by molar-refractivity contribution is 0.161. The summed E-state index contributed by atoms with van der Waals surface area (Å²) in [5, 5.41) is 9.85.